The van der Waals surface area contributed by atoms with Crippen LogP contribution in [0.2, 0.25) is 0 Å². The maximum atomic E-state index is 10.5. The van der Waals surface area contributed by atoms with Crippen LogP contribution in [0.5, 0.6) is 0 Å². The normalized spacial score (nSPS) is 12.2. The standard InChI is InChI=1S/C9H18N2O2/c1-8(13)11-6-4-3-5-9(7-12)10-2/h7,9-10H,3-6H2,1-2H3,(H,11,13)/i1+1,2+1. The Bertz CT molecular complexity index is 160. The summed E-state index contributed by atoms with van der Waals surface area (Å²) >= 11 is 0. The molecule has 1 atom stereocenters. The fraction of sp³-hybridized carbons (Fsp3) is 0.778. The molecule has 76 valence electrons. The minimum Gasteiger partial charge on any atom is -0.356 e. The molecule has 0 aromatic heterocycles. The van der Waals surface area contributed by atoms with Crippen molar-refractivity contribution >= 4 is 12.2 Å². The molecular formula is C9H18N2O2. The van der Waals surface area contributed by atoms with E-state index in [1.54, 1.807) is 7.05 Å². The summed E-state index contributed by atoms with van der Waals surface area (Å²) in [4.78, 5) is 20.8. The van der Waals surface area contributed by atoms with Crippen molar-refractivity contribution in [2.75, 3.05) is 13.6 Å². The molecule has 0 aliphatic heterocycles. The molecule has 13 heavy (non-hydrogen) atoms. The highest BCUT2D eigenvalue weighted by molar-refractivity contribution is 5.72. The van der Waals surface area contributed by atoms with Gasteiger partial charge in [-0.15, -0.1) is 0 Å². The van der Waals surface area contributed by atoms with E-state index >= 15 is 0 Å². The Balaban J connectivity index is 3.24. The second kappa shape index (κ2) is 7.73. The first-order valence-electron chi connectivity index (χ1n) is 4.57. The fourth-order valence-electron chi connectivity index (χ4n) is 1.03. The number of nitrogens with one attached hydrogen (secondary N) is 2. The molecular weight excluding hydrogens is 170 g/mol. The Morgan fingerprint density at radius 3 is 2.62 bits per heavy atom. The lowest BCUT2D eigenvalue weighted by atomic mass is 10.1. The SMILES string of the molecule is [13CH3]NC(C=O)CCCCNC([13CH3])=O. The van der Waals surface area contributed by atoms with Gasteiger partial charge in [0.1, 0.15) is 6.29 Å². The van der Waals surface area contributed by atoms with Crippen molar-refractivity contribution in [3.8, 4) is 0 Å². The Hall–Kier alpha value is -0.900. The van der Waals surface area contributed by atoms with Gasteiger partial charge in [-0.3, -0.25) is 4.79 Å². The molecule has 2 N–H and O–H groups in total. The minimum absolute atomic E-state index is 0.000513. The molecule has 0 aromatic rings. The molecule has 0 saturated heterocycles. The van der Waals surface area contributed by atoms with Gasteiger partial charge in [-0.2, -0.15) is 0 Å². The molecule has 0 rings (SSSR count). The zero-order chi connectivity index (χ0) is 10.1. The van der Waals surface area contributed by atoms with E-state index in [9.17, 15) is 9.59 Å². The first-order valence-corrected chi connectivity index (χ1v) is 4.57. The van der Waals surface area contributed by atoms with Crippen LogP contribution >= 0.6 is 0 Å². The van der Waals surface area contributed by atoms with E-state index in [4.69, 9.17) is 0 Å². The molecule has 4 heteroatoms. The van der Waals surface area contributed by atoms with Gasteiger partial charge in [0.25, 0.3) is 0 Å². The lowest BCUT2D eigenvalue weighted by Crippen LogP contribution is -2.27. The minimum atomic E-state index is -0.0441. The van der Waals surface area contributed by atoms with E-state index < -0.39 is 0 Å². The first-order chi connectivity index (χ1) is 6.20. The second-order valence-corrected chi connectivity index (χ2v) is 3.01. The van der Waals surface area contributed by atoms with Crippen LogP contribution in [-0.2, 0) is 9.59 Å². The van der Waals surface area contributed by atoms with E-state index in [0.29, 0.717) is 6.54 Å². The summed E-state index contributed by atoms with van der Waals surface area (Å²) in [6.45, 7) is 2.20. The number of unbranched alkanes of at least 4 members (excludes halogenated alkanes) is 1. The summed E-state index contributed by atoms with van der Waals surface area (Å²) in [5, 5.41) is 5.60. The summed E-state index contributed by atoms with van der Waals surface area (Å²) < 4.78 is 0. The lowest BCUT2D eigenvalue weighted by molar-refractivity contribution is -0.119. The topological polar surface area (TPSA) is 58.2 Å². The van der Waals surface area contributed by atoms with Gasteiger partial charge in [0, 0.05) is 13.5 Å². The highest BCUT2D eigenvalue weighted by Crippen LogP contribution is 1.97. The number of aldehydes is 1. The second-order valence-electron chi connectivity index (χ2n) is 3.01. The van der Waals surface area contributed by atoms with Gasteiger partial charge in [0.15, 0.2) is 0 Å². The number of carbonyl (C=O) groups is 2. The summed E-state index contributed by atoms with van der Waals surface area (Å²) in [6.07, 6.45) is 3.62. The molecule has 0 saturated carbocycles. The van der Waals surface area contributed by atoms with Gasteiger partial charge < -0.3 is 15.4 Å². The number of amides is 1. The molecule has 0 radical (unpaired) electrons. The maximum Gasteiger partial charge on any atom is 0.216 e. The largest absolute Gasteiger partial charge is 0.356 e. The number of rotatable bonds is 7. The molecule has 0 aromatic carbocycles. The molecule has 0 aliphatic rings. The number of carbonyl (C=O) groups excluding carboxylic acids is 2. The third-order valence-electron chi connectivity index (χ3n) is 1.85. The van der Waals surface area contributed by atoms with Crippen molar-refractivity contribution in [3.63, 3.8) is 0 Å². The van der Waals surface area contributed by atoms with Crippen molar-refractivity contribution in [1.29, 1.82) is 0 Å². The molecule has 0 spiro atoms. The molecule has 0 aliphatic carbocycles. The predicted octanol–water partition coefficient (Wildman–Crippen LogP) is 0.0797. The Morgan fingerprint density at radius 1 is 1.46 bits per heavy atom. The van der Waals surface area contributed by atoms with Crippen LogP contribution in [0.25, 0.3) is 0 Å². The van der Waals surface area contributed by atoms with Gasteiger partial charge in [-0.05, 0) is 26.3 Å². The van der Waals surface area contributed by atoms with Crippen LogP contribution < -0.4 is 10.6 Å². The van der Waals surface area contributed by atoms with Crippen LogP contribution in [0.15, 0.2) is 0 Å². The zero-order valence-electron chi connectivity index (χ0n) is 8.30. The molecule has 0 heterocycles. The fourth-order valence-corrected chi connectivity index (χ4v) is 1.03. The summed E-state index contributed by atoms with van der Waals surface area (Å²) in [6, 6.07) is -0.0441. The van der Waals surface area contributed by atoms with Crippen molar-refractivity contribution < 1.29 is 9.59 Å². The monoisotopic (exact) mass is 188 g/mol. The van der Waals surface area contributed by atoms with E-state index in [2.05, 4.69) is 10.6 Å². The van der Waals surface area contributed by atoms with Crippen LogP contribution in [0.3, 0.4) is 0 Å². The Kier molecular flexibility index (Phi) is 7.20. The van der Waals surface area contributed by atoms with E-state index in [0.717, 1.165) is 25.5 Å². The quantitative estimate of drug-likeness (QED) is 0.338. The Morgan fingerprint density at radius 2 is 2.15 bits per heavy atom. The number of hydrogen-bond acceptors (Lipinski definition) is 3. The molecule has 0 fully saturated rings. The van der Waals surface area contributed by atoms with Crippen molar-refractivity contribution in [1.82, 2.24) is 10.6 Å². The molecule has 1 amide bonds. The lowest BCUT2D eigenvalue weighted by Gasteiger charge is -2.07. The maximum absolute atomic E-state index is 10.5. The first kappa shape index (κ1) is 12.1. The van der Waals surface area contributed by atoms with Gasteiger partial charge >= 0.3 is 0 Å². The summed E-state index contributed by atoms with van der Waals surface area (Å²) in [5.41, 5.74) is 0. The average Bonchev–Trinajstić information content (AvgIpc) is 2.11. The summed E-state index contributed by atoms with van der Waals surface area (Å²) in [7, 11) is 1.77. The van der Waals surface area contributed by atoms with Crippen LogP contribution in [-0.4, -0.2) is 31.8 Å². The molecule has 4 nitrogen and oxygen atoms in total. The molecule has 1 unspecified atom stereocenters. The van der Waals surface area contributed by atoms with Crippen molar-refractivity contribution in [2.24, 2.45) is 0 Å². The van der Waals surface area contributed by atoms with Crippen molar-refractivity contribution in [2.45, 2.75) is 32.2 Å². The molecule has 0 bridgehead atoms. The van der Waals surface area contributed by atoms with Gasteiger partial charge in [0.2, 0.25) is 5.91 Å². The number of likely N-dealkylation sites (N-methyl/N-ethyl adjacent to an activating group) is 1. The van der Waals surface area contributed by atoms with Crippen molar-refractivity contribution in [3.05, 3.63) is 0 Å². The van der Waals surface area contributed by atoms with Crippen LogP contribution in [0, 0.1) is 0 Å². The highest BCUT2D eigenvalue weighted by atomic mass is 16.2. The highest BCUT2D eigenvalue weighted by Gasteiger charge is 2.02. The van der Waals surface area contributed by atoms with E-state index in [1.807, 2.05) is 0 Å². The Labute approximate surface area is 79.1 Å². The summed E-state index contributed by atoms with van der Waals surface area (Å²) in [5.74, 6) is 0.000513. The van der Waals surface area contributed by atoms with Crippen LogP contribution in [0.1, 0.15) is 26.2 Å². The van der Waals surface area contributed by atoms with Crippen LogP contribution in [0.4, 0.5) is 0 Å². The van der Waals surface area contributed by atoms with Gasteiger partial charge in [0.05, 0.1) is 6.04 Å². The smallest absolute Gasteiger partial charge is 0.216 e. The van der Waals surface area contributed by atoms with Gasteiger partial charge in [-0.25, -0.2) is 0 Å². The van der Waals surface area contributed by atoms with Gasteiger partial charge in [-0.1, -0.05) is 0 Å². The predicted molar refractivity (Wildman–Crippen MR) is 51.4 cm³/mol. The third kappa shape index (κ3) is 7.46. The van der Waals surface area contributed by atoms with E-state index in [-0.39, 0.29) is 11.9 Å². The zero-order valence-corrected chi connectivity index (χ0v) is 8.30. The van der Waals surface area contributed by atoms with E-state index in [1.165, 1.54) is 6.92 Å². The third-order valence-corrected chi connectivity index (χ3v) is 1.85. The number of hydrogen-bond donors (Lipinski definition) is 2. The average molecular weight is 188 g/mol.